The third-order valence-corrected chi connectivity index (χ3v) is 2.92. The molecule has 94 valence electrons. The van der Waals surface area contributed by atoms with Gasteiger partial charge in [0.2, 0.25) is 5.78 Å². The van der Waals surface area contributed by atoms with Gasteiger partial charge in [0.1, 0.15) is 0 Å². The summed E-state index contributed by atoms with van der Waals surface area (Å²) in [7, 11) is 0. The number of H-pyrrole nitrogens is 3. The topological polar surface area (TPSA) is 64.4 Å². The van der Waals surface area contributed by atoms with Gasteiger partial charge in [-0.25, -0.2) is 0 Å². The van der Waals surface area contributed by atoms with Gasteiger partial charge in [0.25, 0.3) is 0 Å². The Hall–Kier alpha value is -2.75. The summed E-state index contributed by atoms with van der Waals surface area (Å²) < 4.78 is 0. The highest BCUT2D eigenvalue weighted by atomic mass is 16.1. The molecule has 0 atom stereocenters. The van der Waals surface area contributed by atoms with Crippen LogP contribution in [-0.4, -0.2) is 20.7 Å². The second kappa shape index (κ2) is 4.86. The summed E-state index contributed by atoms with van der Waals surface area (Å²) in [5.41, 5.74) is 3.23. The first-order valence-electron chi connectivity index (χ1n) is 6.01. The van der Waals surface area contributed by atoms with Gasteiger partial charge in [-0.3, -0.25) is 4.79 Å². The van der Waals surface area contributed by atoms with Crippen LogP contribution in [0.5, 0.6) is 0 Å². The molecule has 19 heavy (non-hydrogen) atoms. The van der Waals surface area contributed by atoms with Gasteiger partial charge in [0.15, 0.2) is 0 Å². The zero-order chi connectivity index (χ0) is 13.1. The molecule has 3 heterocycles. The summed E-state index contributed by atoms with van der Waals surface area (Å²) in [6.45, 7) is 0. The largest absolute Gasteiger partial charge is 0.361 e. The molecule has 0 aliphatic rings. The molecule has 3 N–H and O–H groups in total. The van der Waals surface area contributed by atoms with Gasteiger partial charge in [-0.15, -0.1) is 0 Å². The maximum absolute atomic E-state index is 12.2. The minimum atomic E-state index is -0.0517. The molecule has 3 rings (SSSR count). The van der Waals surface area contributed by atoms with Gasteiger partial charge in [-0.05, 0) is 42.5 Å². The highest BCUT2D eigenvalue weighted by Crippen LogP contribution is 2.21. The molecule has 0 radical (unpaired) electrons. The molecule has 0 fully saturated rings. The van der Waals surface area contributed by atoms with Crippen LogP contribution in [0, 0.1) is 0 Å². The van der Waals surface area contributed by atoms with Crippen molar-refractivity contribution in [2.45, 2.75) is 0 Å². The number of rotatable bonds is 4. The molecule has 0 aromatic carbocycles. The molecule has 0 bridgehead atoms. The summed E-state index contributed by atoms with van der Waals surface area (Å²) in [4.78, 5) is 21.3. The number of allylic oxidation sites excluding steroid dienone is 1. The fourth-order valence-electron chi connectivity index (χ4n) is 1.99. The van der Waals surface area contributed by atoms with Crippen LogP contribution in [0.15, 0.2) is 61.1 Å². The molecule has 4 heteroatoms. The maximum atomic E-state index is 12.2. The van der Waals surface area contributed by atoms with Crippen molar-refractivity contribution in [2.24, 2.45) is 0 Å². The Morgan fingerprint density at radius 2 is 1.26 bits per heavy atom. The molecule has 0 amide bonds. The number of carbonyl (C=O) groups excluding carboxylic acids is 1. The number of aromatic nitrogens is 3. The number of hydrogen-bond donors (Lipinski definition) is 3. The molecule has 0 saturated heterocycles. The second-order valence-electron chi connectivity index (χ2n) is 4.17. The number of hydrogen-bond acceptors (Lipinski definition) is 1. The molecule has 0 saturated carbocycles. The van der Waals surface area contributed by atoms with Gasteiger partial charge < -0.3 is 15.0 Å². The van der Waals surface area contributed by atoms with Crippen molar-refractivity contribution in [1.29, 1.82) is 0 Å². The van der Waals surface area contributed by atoms with Crippen molar-refractivity contribution >= 4 is 11.4 Å². The van der Waals surface area contributed by atoms with Crippen LogP contribution in [0.25, 0.3) is 5.57 Å². The second-order valence-corrected chi connectivity index (χ2v) is 4.17. The standard InChI is InChI=1S/C15H13N3O/c19-15(14-6-3-9-18-14)10-11(12-4-1-7-16-12)13-5-2-8-17-13/h1-10,16-18H. The molecule has 0 spiro atoms. The molecule has 3 aromatic heterocycles. The van der Waals surface area contributed by atoms with Crippen molar-refractivity contribution < 1.29 is 4.79 Å². The molecule has 3 aromatic rings. The molecule has 0 unspecified atom stereocenters. The van der Waals surface area contributed by atoms with E-state index in [9.17, 15) is 4.79 Å². The van der Waals surface area contributed by atoms with Crippen LogP contribution in [0.3, 0.4) is 0 Å². The van der Waals surface area contributed by atoms with Crippen molar-refractivity contribution in [3.05, 3.63) is 78.1 Å². The van der Waals surface area contributed by atoms with Crippen molar-refractivity contribution in [3.63, 3.8) is 0 Å². The first kappa shape index (κ1) is 11.3. The van der Waals surface area contributed by atoms with E-state index in [1.165, 1.54) is 0 Å². The zero-order valence-corrected chi connectivity index (χ0v) is 10.2. The molecule has 4 nitrogen and oxygen atoms in total. The summed E-state index contributed by atoms with van der Waals surface area (Å²) in [5, 5.41) is 0. The predicted octanol–water partition coefficient (Wildman–Crippen LogP) is 2.99. The number of nitrogens with one attached hydrogen (secondary N) is 3. The highest BCUT2D eigenvalue weighted by molar-refractivity contribution is 6.08. The lowest BCUT2D eigenvalue weighted by molar-refractivity contribution is 0.104. The summed E-state index contributed by atoms with van der Waals surface area (Å²) in [5.74, 6) is -0.0517. The predicted molar refractivity (Wildman–Crippen MR) is 73.8 cm³/mol. The Balaban J connectivity index is 2.03. The van der Waals surface area contributed by atoms with Crippen molar-refractivity contribution in [2.75, 3.05) is 0 Å². The summed E-state index contributed by atoms with van der Waals surface area (Å²) in [6.07, 6.45) is 7.05. The lowest BCUT2D eigenvalue weighted by Crippen LogP contribution is -1.98. The number of aromatic amines is 3. The molecular formula is C15H13N3O. The third-order valence-electron chi connectivity index (χ3n) is 2.92. The van der Waals surface area contributed by atoms with Crippen LogP contribution in [0.4, 0.5) is 0 Å². The van der Waals surface area contributed by atoms with Crippen LogP contribution < -0.4 is 0 Å². The number of carbonyl (C=O) groups is 1. The molecular weight excluding hydrogens is 238 g/mol. The molecule has 0 aliphatic heterocycles. The smallest absolute Gasteiger partial charge is 0.202 e. The first-order valence-corrected chi connectivity index (χ1v) is 6.01. The van der Waals surface area contributed by atoms with E-state index in [0.717, 1.165) is 17.0 Å². The van der Waals surface area contributed by atoms with E-state index >= 15 is 0 Å². The number of ketones is 1. The average Bonchev–Trinajstić information content (AvgIpc) is 3.17. The van der Waals surface area contributed by atoms with E-state index in [2.05, 4.69) is 15.0 Å². The quantitative estimate of drug-likeness (QED) is 0.484. The van der Waals surface area contributed by atoms with Gasteiger partial charge >= 0.3 is 0 Å². The fourth-order valence-corrected chi connectivity index (χ4v) is 1.99. The van der Waals surface area contributed by atoms with E-state index in [0.29, 0.717) is 5.69 Å². The van der Waals surface area contributed by atoms with Gasteiger partial charge in [-0.1, -0.05) is 0 Å². The lowest BCUT2D eigenvalue weighted by Gasteiger charge is -2.03. The van der Waals surface area contributed by atoms with E-state index in [4.69, 9.17) is 0 Å². The minimum absolute atomic E-state index is 0.0517. The fraction of sp³-hybridized carbons (Fsp3) is 0. The van der Waals surface area contributed by atoms with E-state index in [-0.39, 0.29) is 5.78 Å². The zero-order valence-electron chi connectivity index (χ0n) is 10.2. The average molecular weight is 251 g/mol. The van der Waals surface area contributed by atoms with Crippen LogP contribution >= 0.6 is 0 Å². The maximum Gasteiger partial charge on any atom is 0.202 e. The highest BCUT2D eigenvalue weighted by Gasteiger charge is 2.10. The normalized spacial score (nSPS) is 10.3. The Bertz CT molecular complexity index is 638. The lowest BCUT2D eigenvalue weighted by atomic mass is 10.1. The SMILES string of the molecule is O=C(C=C(c1ccc[nH]1)c1ccc[nH]1)c1ccc[nH]1. The summed E-state index contributed by atoms with van der Waals surface area (Å²) >= 11 is 0. The third kappa shape index (κ3) is 2.28. The Morgan fingerprint density at radius 1 is 0.789 bits per heavy atom. The Morgan fingerprint density at radius 3 is 1.68 bits per heavy atom. The minimum Gasteiger partial charge on any atom is -0.361 e. The Labute approximate surface area is 110 Å². The Kier molecular flexibility index (Phi) is 2.90. The summed E-state index contributed by atoms with van der Waals surface area (Å²) in [6, 6.07) is 11.3. The van der Waals surface area contributed by atoms with E-state index < -0.39 is 0 Å². The van der Waals surface area contributed by atoms with Gasteiger partial charge in [-0.2, -0.15) is 0 Å². The van der Waals surface area contributed by atoms with Gasteiger partial charge in [0, 0.05) is 35.6 Å². The van der Waals surface area contributed by atoms with Gasteiger partial charge in [0.05, 0.1) is 5.69 Å². The van der Waals surface area contributed by atoms with E-state index in [1.807, 2.05) is 42.7 Å². The van der Waals surface area contributed by atoms with Crippen LogP contribution in [0.1, 0.15) is 21.9 Å². The monoisotopic (exact) mass is 251 g/mol. The van der Waals surface area contributed by atoms with Crippen LogP contribution in [-0.2, 0) is 0 Å². The van der Waals surface area contributed by atoms with Crippen LogP contribution in [0.2, 0.25) is 0 Å². The van der Waals surface area contributed by atoms with Crippen molar-refractivity contribution in [1.82, 2.24) is 15.0 Å². The molecule has 0 aliphatic carbocycles. The first-order chi connectivity index (χ1) is 9.34. The van der Waals surface area contributed by atoms with Crippen molar-refractivity contribution in [3.8, 4) is 0 Å². The van der Waals surface area contributed by atoms with E-state index in [1.54, 1.807) is 18.3 Å².